The molecule has 1 N–H and O–H groups in total. The molecule has 0 atom stereocenters. The first kappa shape index (κ1) is 15.8. The molecule has 0 aliphatic rings. The lowest BCUT2D eigenvalue weighted by Crippen LogP contribution is -2.13. The number of benzene rings is 2. The third kappa shape index (κ3) is 3.63. The van der Waals surface area contributed by atoms with Crippen LogP contribution in [0.1, 0.15) is 16.7 Å². The Morgan fingerprint density at radius 2 is 1.87 bits per heavy atom. The Morgan fingerprint density at radius 3 is 2.61 bits per heavy atom. The van der Waals surface area contributed by atoms with E-state index in [2.05, 4.69) is 34.6 Å². The van der Waals surface area contributed by atoms with Crippen LogP contribution >= 0.6 is 11.6 Å². The van der Waals surface area contributed by atoms with Gasteiger partial charge in [-0.05, 0) is 36.2 Å². The fourth-order valence-electron chi connectivity index (χ4n) is 2.58. The van der Waals surface area contributed by atoms with Gasteiger partial charge < -0.3 is 10.1 Å². The van der Waals surface area contributed by atoms with E-state index in [1.54, 1.807) is 7.11 Å². The maximum atomic E-state index is 6.33. The van der Waals surface area contributed by atoms with Gasteiger partial charge in [0.1, 0.15) is 10.9 Å². The molecule has 0 bridgehead atoms. The molecule has 0 radical (unpaired) electrons. The van der Waals surface area contributed by atoms with Crippen LogP contribution in [0.25, 0.3) is 10.9 Å². The number of hydrogen-bond acceptors (Lipinski definition) is 3. The standard InChI is InChI=1S/C19H19ClN2O/c1-13-4-3-5-15-10-16(19(20)22-18(13)15)12-21-11-14-6-8-17(23-2)9-7-14/h3-10,21H,11-12H2,1-2H3. The number of nitrogens with one attached hydrogen (secondary N) is 1. The summed E-state index contributed by atoms with van der Waals surface area (Å²) in [5.74, 6) is 0.867. The van der Waals surface area contributed by atoms with Crippen LogP contribution < -0.4 is 10.1 Å². The van der Waals surface area contributed by atoms with Gasteiger partial charge in [0.15, 0.2) is 0 Å². The zero-order valence-electron chi connectivity index (χ0n) is 13.3. The number of rotatable bonds is 5. The second-order valence-corrected chi connectivity index (χ2v) is 5.89. The van der Waals surface area contributed by atoms with E-state index in [9.17, 15) is 0 Å². The largest absolute Gasteiger partial charge is 0.497 e. The quantitative estimate of drug-likeness (QED) is 0.701. The summed E-state index contributed by atoms with van der Waals surface area (Å²) in [6, 6.07) is 16.3. The predicted octanol–water partition coefficient (Wildman–Crippen LogP) is 4.50. The average molecular weight is 327 g/mol. The summed E-state index contributed by atoms with van der Waals surface area (Å²) in [4.78, 5) is 4.53. The molecule has 3 nitrogen and oxygen atoms in total. The van der Waals surface area contributed by atoms with Gasteiger partial charge in [-0.2, -0.15) is 0 Å². The number of hydrogen-bond donors (Lipinski definition) is 1. The number of aryl methyl sites for hydroxylation is 1. The fourth-order valence-corrected chi connectivity index (χ4v) is 2.78. The van der Waals surface area contributed by atoms with E-state index in [1.165, 1.54) is 5.56 Å². The second kappa shape index (κ2) is 6.99. The highest BCUT2D eigenvalue weighted by Crippen LogP contribution is 2.23. The van der Waals surface area contributed by atoms with Crippen molar-refractivity contribution in [3.63, 3.8) is 0 Å². The summed E-state index contributed by atoms with van der Waals surface area (Å²) in [5, 5.41) is 5.10. The van der Waals surface area contributed by atoms with E-state index in [-0.39, 0.29) is 0 Å². The van der Waals surface area contributed by atoms with Crippen LogP contribution in [-0.2, 0) is 13.1 Å². The number of ether oxygens (including phenoxy) is 1. The number of nitrogens with zero attached hydrogens (tertiary/aromatic N) is 1. The lowest BCUT2D eigenvalue weighted by molar-refractivity contribution is 0.414. The van der Waals surface area contributed by atoms with Crippen LogP contribution in [0.3, 0.4) is 0 Å². The Labute approximate surface area is 141 Å². The monoisotopic (exact) mass is 326 g/mol. The van der Waals surface area contributed by atoms with Crippen molar-refractivity contribution in [2.24, 2.45) is 0 Å². The molecule has 0 saturated carbocycles. The van der Waals surface area contributed by atoms with Gasteiger partial charge >= 0.3 is 0 Å². The van der Waals surface area contributed by atoms with Gasteiger partial charge in [-0.15, -0.1) is 0 Å². The first-order valence-electron chi connectivity index (χ1n) is 7.56. The van der Waals surface area contributed by atoms with Crippen LogP contribution in [0.5, 0.6) is 5.75 Å². The minimum Gasteiger partial charge on any atom is -0.497 e. The van der Waals surface area contributed by atoms with Crippen molar-refractivity contribution in [3.8, 4) is 5.75 Å². The molecule has 0 aliphatic carbocycles. The molecule has 118 valence electrons. The molecule has 3 rings (SSSR count). The third-order valence-corrected chi connectivity index (χ3v) is 4.20. The number of methoxy groups -OCH3 is 1. The maximum absolute atomic E-state index is 6.33. The molecule has 4 heteroatoms. The minimum absolute atomic E-state index is 0.564. The summed E-state index contributed by atoms with van der Waals surface area (Å²) in [5.41, 5.74) is 4.32. The van der Waals surface area contributed by atoms with Crippen LogP contribution in [0, 0.1) is 6.92 Å². The minimum atomic E-state index is 0.564. The molecule has 1 heterocycles. The van der Waals surface area contributed by atoms with Crippen molar-refractivity contribution in [2.75, 3.05) is 7.11 Å². The zero-order chi connectivity index (χ0) is 16.2. The molecule has 23 heavy (non-hydrogen) atoms. The Balaban J connectivity index is 1.70. The SMILES string of the molecule is COc1ccc(CNCc2cc3cccc(C)c3nc2Cl)cc1. The molecule has 0 spiro atoms. The summed E-state index contributed by atoms with van der Waals surface area (Å²) in [6.45, 7) is 3.50. The Kier molecular flexibility index (Phi) is 4.79. The number of aromatic nitrogens is 1. The molecule has 3 aromatic rings. The number of para-hydroxylation sites is 1. The molecule has 2 aromatic carbocycles. The summed E-state index contributed by atoms with van der Waals surface area (Å²) in [7, 11) is 1.67. The van der Waals surface area contributed by atoms with Crippen LogP contribution in [0.4, 0.5) is 0 Å². The van der Waals surface area contributed by atoms with E-state index < -0.39 is 0 Å². The molecular formula is C19H19ClN2O. The maximum Gasteiger partial charge on any atom is 0.134 e. The second-order valence-electron chi connectivity index (χ2n) is 5.54. The van der Waals surface area contributed by atoms with E-state index in [0.29, 0.717) is 11.7 Å². The Morgan fingerprint density at radius 1 is 1.09 bits per heavy atom. The van der Waals surface area contributed by atoms with Crippen molar-refractivity contribution < 1.29 is 4.74 Å². The molecule has 0 fully saturated rings. The molecule has 1 aromatic heterocycles. The average Bonchev–Trinajstić information content (AvgIpc) is 2.57. The van der Waals surface area contributed by atoms with E-state index >= 15 is 0 Å². The number of pyridine rings is 1. The van der Waals surface area contributed by atoms with Crippen LogP contribution in [0.15, 0.2) is 48.5 Å². The first-order valence-corrected chi connectivity index (χ1v) is 7.93. The first-order chi connectivity index (χ1) is 11.2. The van der Waals surface area contributed by atoms with Crippen LogP contribution in [0.2, 0.25) is 5.15 Å². The summed E-state index contributed by atoms with van der Waals surface area (Å²) < 4.78 is 5.16. The molecule has 0 saturated heterocycles. The Bertz CT molecular complexity index is 815. The normalized spacial score (nSPS) is 10.9. The predicted molar refractivity (Wildman–Crippen MR) is 95.0 cm³/mol. The lowest BCUT2D eigenvalue weighted by atomic mass is 10.1. The number of halogens is 1. The Hall–Kier alpha value is -2.10. The molecule has 0 aliphatic heterocycles. The van der Waals surface area contributed by atoms with Gasteiger partial charge in [-0.25, -0.2) is 4.98 Å². The van der Waals surface area contributed by atoms with Crippen molar-refractivity contribution in [1.29, 1.82) is 0 Å². The third-order valence-electron chi connectivity index (χ3n) is 3.88. The van der Waals surface area contributed by atoms with Gasteiger partial charge in [-0.3, -0.25) is 0 Å². The summed E-state index contributed by atoms with van der Waals surface area (Å²) in [6.07, 6.45) is 0. The topological polar surface area (TPSA) is 34.1 Å². The number of fused-ring (bicyclic) bond motifs is 1. The molecular weight excluding hydrogens is 308 g/mol. The van der Waals surface area contributed by atoms with Gasteiger partial charge in [0.25, 0.3) is 0 Å². The fraction of sp³-hybridized carbons (Fsp3) is 0.211. The summed E-state index contributed by atoms with van der Waals surface area (Å²) >= 11 is 6.33. The van der Waals surface area contributed by atoms with Gasteiger partial charge in [0.05, 0.1) is 12.6 Å². The lowest BCUT2D eigenvalue weighted by Gasteiger charge is -2.09. The van der Waals surface area contributed by atoms with Gasteiger partial charge in [-0.1, -0.05) is 41.9 Å². The van der Waals surface area contributed by atoms with E-state index in [1.807, 2.05) is 31.2 Å². The smallest absolute Gasteiger partial charge is 0.134 e. The van der Waals surface area contributed by atoms with Crippen molar-refractivity contribution >= 4 is 22.5 Å². The van der Waals surface area contributed by atoms with Crippen LogP contribution in [-0.4, -0.2) is 12.1 Å². The zero-order valence-corrected chi connectivity index (χ0v) is 14.0. The molecule has 0 amide bonds. The van der Waals surface area contributed by atoms with E-state index in [4.69, 9.17) is 16.3 Å². The van der Waals surface area contributed by atoms with Crippen molar-refractivity contribution in [3.05, 3.63) is 70.4 Å². The van der Waals surface area contributed by atoms with E-state index in [0.717, 1.165) is 34.3 Å². The van der Waals surface area contributed by atoms with Gasteiger partial charge in [0, 0.05) is 24.0 Å². The highest BCUT2D eigenvalue weighted by molar-refractivity contribution is 6.30. The van der Waals surface area contributed by atoms with Gasteiger partial charge in [0.2, 0.25) is 0 Å². The van der Waals surface area contributed by atoms with Crippen molar-refractivity contribution in [2.45, 2.75) is 20.0 Å². The highest BCUT2D eigenvalue weighted by Gasteiger charge is 2.06. The highest BCUT2D eigenvalue weighted by atomic mass is 35.5. The molecule has 0 unspecified atom stereocenters. The van der Waals surface area contributed by atoms with Crippen molar-refractivity contribution in [1.82, 2.24) is 10.3 Å².